The molecule has 1 aromatic heterocycles. The van der Waals surface area contributed by atoms with Gasteiger partial charge in [0.05, 0.1) is 7.11 Å². The van der Waals surface area contributed by atoms with Crippen LogP contribution < -0.4 is 19.5 Å². The summed E-state index contributed by atoms with van der Waals surface area (Å²) in [4.78, 5) is 41.1. The van der Waals surface area contributed by atoms with Crippen molar-refractivity contribution >= 4 is 17.8 Å². The molecular weight excluding hydrogens is 468 g/mol. The Hall–Kier alpha value is -3.82. The lowest BCUT2D eigenvalue weighted by molar-refractivity contribution is -0.151. The normalized spacial score (nSPS) is 20.1. The first-order valence-electron chi connectivity index (χ1n) is 11.8. The van der Waals surface area contributed by atoms with E-state index in [0.29, 0.717) is 25.7 Å². The van der Waals surface area contributed by atoms with E-state index in [4.69, 9.17) is 23.7 Å². The zero-order valence-corrected chi connectivity index (χ0v) is 20.9. The second-order valence-corrected chi connectivity index (χ2v) is 8.58. The zero-order chi connectivity index (χ0) is 26.1. The molecule has 3 rings (SSSR count). The van der Waals surface area contributed by atoms with Gasteiger partial charge in [-0.1, -0.05) is 17.7 Å². The zero-order valence-electron chi connectivity index (χ0n) is 20.9. The second-order valence-electron chi connectivity index (χ2n) is 8.58. The van der Waals surface area contributed by atoms with Crippen LogP contribution in [0.1, 0.15) is 55.6 Å². The number of nitrogens with zero attached hydrogens (tertiary/aromatic N) is 1. The number of aromatic nitrogens is 1. The van der Waals surface area contributed by atoms with E-state index in [1.165, 1.54) is 26.3 Å². The van der Waals surface area contributed by atoms with Crippen molar-refractivity contribution in [2.24, 2.45) is 0 Å². The van der Waals surface area contributed by atoms with Gasteiger partial charge in [-0.05, 0) is 45.2 Å². The van der Waals surface area contributed by atoms with Crippen LogP contribution in [0.4, 0.5) is 0 Å². The van der Waals surface area contributed by atoms with Gasteiger partial charge in [0.1, 0.15) is 24.0 Å². The van der Waals surface area contributed by atoms with E-state index >= 15 is 0 Å². The Morgan fingerprint density at radius 3 is 2.61 bits per heavy atom. The number of aryl methyl sites for hydroxylation is 1. The number of carbonyl (C=O) groups excluding carboxylic acids is 3. The van der Waals surface area contributed by atoms with E-state index in [-0.39, 0.29) is 23.3 Å². The average molecular weight is 501 g/mol. The Morgan fingerprint density at radius 1 is 1.17 bits per heavy atom. The number of hydrogen-bond donors (Lipinski definition) is 1. The van der Waals surface area contributed by atoms with Crippen molar-refractivity contribution in [2.75, 3.05) is 13.9 Å². The van der Waals surface area contributed by atoms with E-state index in [9.17, 15) is 14.4 Å². The van der Waals surface area contributed by atoms with Crippen LogP contribution in [0.3, 0.4) is 0 Å². The minimum atomic E-state index is -0.882. The lowest BCUT2D eigenvalue weighted by Crippen LogP contribution is -2.43. The highest BCUT2D eigenvalue weighted by Gasteiger charge is 2.30. The van der Waals surface area contributed by atoms with Crippen molar-refractivity contribution < 1.29 is 38.1 Å². The molecule has 1 fully saturated rings. The van der Waals surface area contributed by atoms with Gasteiger partial charge < -0.3 is 29.0 Å². The van der Waals surface area contributed by atoms with Crippen LogP contribution in [-0.4, -0.2) is 55.0 Å². The van der Waals surface area contributed by atoms with Crippen LogP contribution in [0.5, 0.6) is 17.2 Å². The third-order valence-electron chi connectivity index (χ3n) is 5.61. The number of hydrogen-bond acceptors (Lipinski definition) is 9. The maximum Gasteiger partial charge on any atom is 0.328 e. The number of rotatable bonds is 8. The summed E-state index contributed by atoms with van der Waals surface area (Å²) < 4.78 is 27.2. The first-order chi connectivity index (χ1) is 17.3. The molecule has 1 aliphatic rings. The third-order valence-corrected chi connectivity index (χ3v) is 5.61. The number of methoxy groups -OCH3 is 1. The Labute approximate surface area is 210 Å². The molecule has 194 valence electrons. The number of esters is 2. The Kier molecular flexibility index (Phi) is 9.49. The summed E-state index contributed by atoms with van der Waals surface area (Å²) in [5, 5.41) is 2.70. The molecule has 1 saturated heterocycles. The third kappa shape index (κ3) is 7.59. The summed E-state index contributed by atoms with van der Waals surface area (Å²) >= 11 is 0. The lowest BCUT2D eigenvalue weighted by atomic mass is 10.0. The number of pyridine rings is 1. The number of amides is 1. The van der Waals surface area contributed by atoms with Crippen LogP contribution >= 0.6 is 0 Å². The predicted octanol–water partition coefficient (Wildman–Crippen LogP) is 3.35. The molecule has 1 aliphatic heterocycles. The van der Waals surface area contributed by atoms with E-state index < -0.39 is 36.8 Å². The molecule has 0 aliphatic carbocycles. The van der Waals surface area contributed by atoms with Crippen LogP contribution in [0, 0.1) is 6.92 Å². The van der Waals surface area contributed by atoms with Gasteiger partial charge in [0.25, 0.3) is 5.91 Å². The highest BCUT2D eigenvalue weighted by Crippen LogP contribution is 2.30. The summed E-state index contributed by atoms with van der Waals surface area (Å²) in [5.41, 5.74) is 1.03. The van der Waals surface area contributed by atoms with E-state index in [2.05, 4.69) is 10.3 Å². The highest BCUT2D eigenvalue weighted by molar-refractivity contribution is 5.98. The molecule has 36 heavy (non-hydrogen) atoms. The Morgan fingerprint density at radius 2 is 1.92 bits per heavy atom. The van der Waals surface area contributed by atoms with Crippen molar-refractivity contribution in [1.29, 1.82) is 0 Å². The molecule has 1 aromatic carbocycles. The molecule has 2 unspecified atom stereocenters. The van der Waals surface area contributed by atoms with E-state index in [1.807, 2.05) is 31.2 Å². The number of carbonyl (C=O) groups is 3. The van der Waals surface area contributed by atoms with Crippen molar-refractivity contribution in [1.82, 2.24) is 10.3 Å². The molecule has 0 saturated carbocycles. The quantitative estimate of drug-likeness (QED) is 0.429. The standard InChI is InChI=1S/C26H32N2O8/c1-16-8-10-19(11-9-16)36-20-6-5-7-21(26(31)35-17(2)14-20)28-25(30)23-24(34-15-33-18(3)29)22(32-4)12-13-27-23/h8-13,17,20-21H,5-7,14-15H2,1-4H3,(H,28,30)/t17?,20?,21-/m0/s1. The molecule has 0 radical (unpaired) electrons. The minimum absolute atomic E-state index is 0.00452. The Balaban J connectivity index is 1.69. The fourth-order valence-electron chi connectivity index (χ4n) is 3.82. The second kappa shape index (κ2) is 12.8. The summed E-state index contributed by atoms with van der Waals surface area (Å²) in [7, 11) is 1.40. The molecule has 1 amide bonds. The monoisotopic (exact) mass is 500 g/mol. The molecule has 10 heteroatoms. The first kappa shape index (κ1) is 26.8. The Bertz CT molecular complexity index is 1060. The fraction of sp³-hybridized carbons (Fsp3) is 0.462. The average Bonchev–Trinajstić information content (AvgIpc) is 2.89. The molecule has 0 spiro atoms. The molecule has 2 aromatic rings. The van der Waals surface area contributed by atoms with Crippen LogP contribution in [0.2, 0.25) is 0 Å². The van der Waals surface area contributed by atoms with Crippen molar-refractivity contribution in [3.05, 3.63) is 47.8 Å². The highest BCUT2D eigenvalue weighted by atomic mass is 16.7. The SMILES string of the molecule is COc1ccnc(C(=O)N[C@H]2CCCC(Oc3ccc(C)cc3)CC(C)OC2=O)c1OCOC(C)=O. The maximum absolute atomic E-state index is 13.1. The summed E-state index contributed by atoms with van der Waals surface area (Å²) in [5.74, 6) is -0.737. The number of cyclic esters (lactones) is 1. The summed E-state index contributed by atoms with van der Waals surface area (Å²) in [6.45, 7) is 4.62. The van der Waals surface area contributed by atoms with E-state index in [0.717, 1.165) is 11.3 Å². The summed E-state index contributed by atoms with van der Waals surface area (Å²) in [6.07, 6.45) is 3.06. The van der Waals surface area contributed by atoms with Gasteiger partial charge in [-0.2, -0.15) is 0 Å². The van der Waals surface area contributed by atoms with Crippen LogP contribution in [0.25, 0.3) is 0 Å². The van der Waals surface area contributed by atoms with Gasteiger partial charge in [-0.15, -0.1) is 0 Å². The number of benzene rings is 1. The van der Waals surface area contributed by atoms with E-state index in [1.54, 1.807) is 6.92 Å². The molecular formula is C26H32N2O8. The van der Waals surface area contributed by atoms with Gasteiger partial charge in [-0.3, -0.25) is 9.59 Å². The van der Waals surface area contributed by atoms with Crippen molar-refractivity contribution in [2.45, 2.75) is 64.7 Å². The number of nitrogens with one attached hydrogen (secondary N) is 1. The van der Waals surface area contributed by atoms with Crippen molar-refractivity contribution in [3.63, 3.8) is 0 Å². The van der Waals surface area contributed by atoms with Gasteiger partial charge in [0.2, 0.25) is 6.79 Å². The van der Waals surface area contributed by atoms with Crippen molar-refractivity contribution in [3.8, 4) is 17.2 Å². The largest absolute Gasteiger partial charge is 0.493 e. The minimum Gasteiger partial charge on any atom is -0.493 e. The molecule has 0 bridgehead atoms. The molecule has 2 heterocycles. The van der Waals surface area contributed by atoms with Gasteiger partial charge in [0.15, 0.2) is 17.2 Å². The van der Waals surface area contributed by atoms with Gasteiger partial charge in [0, 0.05) is 25.6 Å². The predicted molar refractivity (Wildman–Crippen MR) is 129 cm³/mol. The topological polar surface area (TPSA) is 122 Å². The maximum atomic E-state index is 13.1. The lowest BCUT2D eigenvalue weighted by Gasteiger charge is -2.22. The smallest absolute Gasteiger partial charge is 0.328 e. The van der Waals surface area contributed by atoms with Gasteiger partial charge in [-0.25, -0.2) is 9.78 Å². The summed E-state index contributed by atoms with van der Waals surface area (Å²) in [6, 6.07) is 8.43. The van der Waals surface area contributed by atoms with Crippen LogP contribution in [0.15, 0.2) is 36.5 Å². The van der Waals surface area contributed by atoms with Gasteiger partial charge >= 0.3 is 11.9 Å². The first-order valence-corrected chi connectivity index (χ1v) is 11.8. The molecule has 3 atom stereocenters. The number of ether oxygens (including phenoxy) is 5. The molecule has 10 nitrogen and oxygen atoms in total. The fourth-order valence-corrected chi connectivity index (χ4v) is 3.82. The van der Waals surface area contributed by atoms with Crippen LogP contribution in [-0.2, 0) is 19.1 Å². The molecule has 1 N–H and O–H groups in total.